The van der Waals surface area contributed by atoms with Crippen molar-refractivity contribution in [3.63, 3.8) is 0 Å². The first kappa shape index (κ1) is 43.7. The first-order valence-corrected chi connectivity index (χ1v) is 19.4. The van der Waals surface area contributed by atoms with Gasteiger partial charge < -0.3 is 38.8 Å². The highest BCUT2D eigenvalue weighted by Crippen LogP contribution is 2.29. The van der Waals surface area contributed by atoms with E-state index in [0.29, 0.717) is 141 Å². The fraction of sp³-hybridized carbons (Fsp3) is 0.513. The third kappa shape index (κ3) is 17.1. The van der Waals surface area contributed by atoms with Gasteiger partial charge in [0.1, 0.15) is 11.1 Å². The van der Waals surface area contributed by atoms with Gasteiger partial charge in [-0.25, -0.2) is 9.97 Å². The molecule has 4 rings (SSSR count). The number of pyridine rings is 2. The minimum atomic E-state index is -0.365. The minimum Gasteiger partial charge on any atom is -0.493 e. The number of carbonyl (C=O) groups is 2. The Labute approximate surface area is 327 Å². The van der Waals surface area contributed by atoms with E-state index < -0.39 is 0 Å². The topological polar surface area (TPSA) is 178 Å². The van der Waals surface area contributed by atoms with Gasteiger partial charge >= 0.3 is 0 Å². The Kier molecular flexibility index (Phi) is 21.2. The van der Waals surface area contributed by atoms with Crippen molar-refractivity contribution in [2.75, 3.05) is 118 Å². The number of ether oxygens (including phenoxy) is 6. The predicted octanol–water partition coefficient (Wildman–Crippen LogP) is 2.95. The normalized spacial score (nSPS) is 16.6. The number of nitriles is 1. The molecule has 0 saturated carbocycles. The number of aromatic nitrogens is 2. The summed E-state index contributed by atoms with van der Waals surface area (Å²) in [6.07, 6.45) is 0.750. The van der Waals surface area contributed by atoms with Crippen LogP contribution in [0.2, 0.25) is 0 Å². The van der Waals surface area contributed by atoms with Crippen LogP contribution in [0.1, 0.15) is 43.8 Å². The molecule has 55 heavy (non-hydrogen) atoms. The number of aldehydes is 1. The van der Waals surface area contributed by atoms with Gasteiger partial charge in [-0.2, -0.15) is 5.26 Å². The van der Waals surface area contributed by atoms with Crippen LogP contribution in [0.15, 0.2) is 60.7 Å². The summed E-state index contributed by atoms with van der Waals surface area (Å²) in [5.41, 5.74) is 3.25. The van der Waals surface area contributed by atoms with Gasteiger partial charge in [0.2, 0.25) is 5.88 Å². The zero-order valence-corrected chi connectivity index (χ0v) is 32.0. The zero-order valence-electron chi connectivity index (χ0n) is 31.2. The Hall–Kier alpha value is -4.02. The maximum Gasteiger partial charge on any atom is 0.251 e. The van der Waals surface area contributed by atoms with Crippen molar-refractivity contribution in [3.8, 4) is 11.3 Å². The summed E-state index contributed by atoms with van der Waals surface area (Å²) >= 11 is 1.15. The Morgan fingerprint density at radius 3 is 2.11 bits per heavy atom. The number of hydrogen-bond donors (Lipinski definition) is 2. The summed E-state index contributed by atoms with van der Waals surface area (Å²) < 4.78 is 34.7. The van der Waals surface area contributed by atoms with Gasteiger partial charge in [-0.1, -0.05) is 24.3 Å². The highest BCUT2D eigenvalue weighted by Gasteiger charge is 2.25. The van der Waals surface area contributed by atoms with Gasteiger partial charge in [0.05, 0.1) is 96.7 Å². The minimum absolute atomic E-state index is 0.0854. The van der Waals surface area contributed by atoms with E-state index in [4.69, 9.17) is 33.7 Å². The molecule has 3 heterocycles. The fourth-order valence-electron chi connectivity index (χ4n) is 5.70. The van der Waals surface area contributed by atoms with Gasteiger partial charge in [-0.15, -0.1) is 0 Å². The quantitative estimate of drug-likeness (QED) is 0.123. The lowest BCUT2D eigenvalue weighted by Gasteiger charge is -2.32. The van der Waals surface area contributed by atoms with E-state index in [1.165, 1.54) is 6.07 Å². The highest BCUT2D eigenvalue weighted by atomic mass is 32.2. The number of carbonyl (C=O) groups excluding carboxylic acids is 2. The van der Waals surface area contributed by atoms with Gasteiger partial charge in [0.15, 0.2) is 6.29 Å². The highest BCUT2D eigenvalue weighted by molar-refractivity contribution is 8.03. The van der Waals surface area contributed by atoms with E-state index >= 15 is 0 Å². The van der Waals surface area contributed by atoms with E-state index in [-0.39, 0.29) is 17.8 Å². The third-order valence-electron chi connectivity index (χ3n) is 8.42. The molecule has 1 amide bonds. The Bertz CT molecular complexity index is 1560. The summed E-state index contributed by atoms with van der Waals surface area (Å²) in [6, 6.07) is 17.6. The summed E-state index contributed by atoms with van der Waals surface area (Å²) in [4.78, 5) is 37.3. The lowest BCUT2D eigenvalue weighted by Crippen LogP contribution is -2.36. The van der Waals surface area contributed by atoms with Crippen molar-refractivity contribution >= 4 is 24.0 Å². The van der Waals surface area contributed by atoms with Crippen LogP contribution < -0.4 is 5.32 Å². The summed E-state index contributed by atoms with van der Waals surface area (Å²) in [6.45, 7) is 8.49. The van der Waals surface area contributed by atoms with Gasteiger partial charge in [0, 0.05) is 56.7 Å². The number of thiocyanates is 1. The average Bonchev–Trinajstić information content (AvgIpc) is 3.20. The molecule has 15 nitrogen and oxygen atoms in total. The number of rotatable bonds is 16. The van der Waals surface area contributed by atoms with Crippen LogP contribution in [0.3, 0.4) is 0 Å². The Balaban J connectivity index is 1.32. The molecule has 1 fully saturated rings. The molecule has 2 N–H and O–H groups in total. The Morgan fingerprint density at radius 2 is 1.47 bits per heavy atom. The molecule has 0 bridgehead atoms. The van der Waals surface area contributed by atoms with Crippen LogP contribution in [-0.2, 0) is 35.0 Å². The lowest BCUT2D eigenvalue weighted by atomic mass is 9.99. The monoisotopic (exact) mass is 780 g/mol. The number of amides is 1. The Morgan fingerprint density at radius 1 is 0.836 bits per heavy atom. The standard InChI is InChI=1S/C39H52N6O9S/c40-31-55-28-27-54-26-21-49-16-11-41-39(48)33-9-7-32(8-10-33)38(36-5-2-6-37(47)43-36)45-14-19-52-24-22-50-17-12-44(13-18-51-23-25-53-20-15-45)29-34-3-1-4-35(30-46)42-34/h1-10,30,38H,11-29H2,(H,41,48)(H,43,47). The largest absolute Gasteiger partial charge is 0.493 e. The lowest BCUT2D eigenvalue weighted by molar-refractivity contribution is 0.00331. The van der Waals surface area contributed by atoms with Crippen molar-refractivity contribution in [2.24, 2.45) is 0 Å². The second-order valence-electron chi connectivity index (χ2n) is 12.3. The molecule has 1 saturated heterocycles. The van der Waals surface area contributed by atoms with E-state index in [1.54, 1.807) is 24.3 Å². The van der Waals surface area contributed by atoms with Gasteiger partial charge in [-0.3, -0.25) is 19.4 Å². The molecule has 1 aliphatic rings. The van der Waals surface area contributed by atoms with Crippen LogP contribution >= 0.6 is 11.8 Å². The van der Waals surface area contributed by atoms with Crippen molar-refractivity contribution in [3.05, 3.63) is 88.9 Å². The van der Waals surface area contributed by atoms with E-state index in [9.17, 15) is 14.7 Å². The molecule has 16 heteroatoms. The SMILES string of the molecule is N#CSCCOCCOCCNC(=O)c1ccc(C(c2cccc(O)n2)N2CCOCCOCCN(Cc3cccc(C=O)n3)CCOCCOCC2)cc1. The fourth-order valence-corrected chi connectivity index (χ4v) is 5.99. The second-order valence-corrected chi connectivity index (χ2v) is 13.2. The number of nitrogens with one attached hydrogen (secondary N) is 1. The number of thioether (sulfide) groups is 1. The number of nitrogens with zero attached hydrogens (tertiary/aromatic N) is 5. The molecule has 1 aromatic carbocycles. The summed E-state index contributed by atoms with van der Waals surface area (Å²) in [5.74, 6) is 0.313. The van der Waals surface area contributed by atoms with Crippen LogP contribution in [-0.4, -0.2) is 155 Å². The van der Waals surface area contributed by atoms with Gasteiger partial charge in [0.25, 0.3) is 5.91 Å². The van der Waals surface area contributed by atoms with E-state index in [2.05, 4.69) is 25.1 Å². The predicted molar refractivity (Wildman–Crippen MR) is 206 cm³/mol. The summed E-state index contributed by atoms with van der Waals surface area (Å²) in [7, 11) is 0. The number of benzene rings is 1. The van der Waals surface area contributed by atoms with E-state index in [1.807, 2.05) is 35.7 Å². The first-order chi connectivity index (χ1) is 27.1. The maximum atomic E-state index is 12.9. The van der Waals surface area contributed by atoms with Crippen molar-refractivity contribution in [2.45, 2.75) is 12.6 Å². The third-order valence-corrected chi connectivity index (χ3v) is 8.92. The molecule has 1 atom stereocenters. The molecule has 298 valence electrons. The number of aromatic hydroxyl groups is 1. The molecule has 0 radical (unpaired) electrons. The zero-order chi connectivity index (χ0) is 38.8. The molecule has 3 aromatic rings. The smallest absolute Gasteiger partial charge is 0.251 e. The molecule has 0 aliphatic carbocycles. The van der Waals surface area contributed by atoms with Crippen molar-refractivity contribution in [1.82, 2.24) is 25.1 Å². The molecular weight excluding hydrogens is 729 g/mol. The number of hydrogen-bond acceptors (Lipinski definition) is 15. The molecule has 2 aromatic heterocycles. The molecule has 1 unspecified atom stereocenters. The maximum absolute atomic E-state index is 12.9. The van der Waals surface area contributed by atoms with E-state index in [0.717, 1.165) is 29.3 Å². The molecule has 1 aliphatic heterocycles. The van der Waals surface area contributed by atoms with Crippen molar-refractivity contribution < 1.29 is 43.1 Å². The van der Waals surface area contributed by atoms with Crippen LogP contribution in [0, 0.1) is 10.7 Å². The van der Waals surface area contributed by atoms with Crippen LogP contribution in [0.5, 0.6) is 5.88 Å². The van der Waals surface area contributed by atoms with Crippen LogP contribution in [0.25, 0.3) is 0 Å². The molecule has 0 spiro atoms. The first-order valence-electron chi connectivity index (χ1n) is 18.5. The van der Waals surface area contributed by atoms with Crippen LogP contribution in [0.4, 0.5) is 0 Å². The van der Waals surface area contributed by atoms with Gasteiger partial charge in [-0.05, 0) is 47.7 Å². The summed E-state index contributed by atoms with van der Waals surface area (Å²) in [5, 5.41) is 23.7. The average molecular weight is 781 g/mol. The molecular formula is C39H52N6O9S. The van der Waals surface area contributed by atoms with Crippen molar-refractivity contribution in [1.29, 1.82) is 5.26 Å². The second kappa shape index (κ2) is 26.7.